The molecule has 0 aromatic heterocycles. The Morgan fingerprint density at radius 2 is 1.88 bits per heavy atom. The van der Waals surface area contributed by atoms with Crippen LogP contribution in [0, 0.1) is 0 Å². The summed E-state index contributed by atoms with van der Waals surface area (Å²) in [5, 5.41) is 28.7. The molecule has 2 unspecified atom stereocenters. The summed E-state index contributed by atoms with van der Waals surface area (Å²) in [6.07, 6.45) is -1.49. The Bertz CT molecular complexity index is 375. The lowest BCUT2D eigenvalue weighted by atomic mass is 10.1. The summed E-state index contributed by atoms with van der Waals surface area (Å²) in [5.74, 6) is 0. The fourth-order valence-corrected chi connectivity index (χ4v) is 2.10. The van der Waals surface area contributed by atoms with Crippen LogP contribution < -0.4 is 4.90 Å². The van der Waals surface area contributed by atoms with E-state index in [-0.39, 0.29) is 6.61 Å². The molecule has 0 saturated carbocycles. The summed E-state index contributed by atoms with van der Waals surface area (Å²) in [5.41, 5.74) is 1.51. The van der Waals surface area contributed by atoms with E-state index in [1.165, 1.54) is 0 Å². The van der Waals surface area contributed by atoms with Gasteiger partial charge >= 0.3 is 0 Å². The molecule has 2 atom stereocenters. The van der Waals surface area contributed by atoms with E-state index in [0.29, 0.717) is 18.1 Å². The van der Waals surface area contributed by atoms with E-state index in [4.69, 9.17) is 11.6 Å². The Hall–Kier alpha value is -0.810. The van der Waals surface area contributed by atoms with Crippen molar-refractivity contribution in [2.75, 3.05) is 18.0 Å². The molecule has 1 aliphatic rings. The molecule has 1 heterocycles. The molecule has 2 rings (SSSR count). The first kappa shape index (κ1) is 11.7. The number of aliphatic hydroxyl groups excluding tert-OH is 3. The van der Waals surface area contributed by atoms with Gasteiger partial charge in [-0.1, -0.05) is 17.7 Å². The number of aliphatic hydroxyl groups is 3. The van der Waals surface area contributed by atoms with E-state index in [2.05, 4.69) is 0 Å². The van der Waals surface area contributed by atoms with Crippen molar-refractivity contribution in [3.05, 3.63) is 28.8 Å². The number of hydrogen-bond donors (Lipinski definition) is 3. The van der Waals surface area contributed by atoms with Crippen molar-refractivity contribution in [1.82, 2.24) is 0 Å². The summed E-state index contributed by atoms with van der Waals surface area (Å²) < 4.78 is 0. The van der Waals surface area contributed by atoms with Gasteiger partial charge in [0.1, 0.15) is 0 Å². The molecule has 0 aliphatic carbocycles. The van der Waals surface area contributed by atoms with Crippen molar-refractivity contribution in [2.45, 2.75) is 18.8 Å². The van der Waals surface area contributed by atoms with Crippen LogP contribution in [0.4, 0.5) is 5.69 Å². The van der Waals surface area contributed by atoms with Crippen LogP contribution in [-0.4, -0.2) is 40.6 Å². The number of nitrogens with zero attached hydrogens (tertiary/aromatic N) is 1. The summed E-state index contributed by atoms with van der Waals surface area (Å²) >= 11 is 5.89. The molecule has 88 valence electrons. The Morgan fingerprint density at radius 3 is 2.44 bits per heavy atom. The summed E-state index contributed by atoms with van der Waals surface area (Å²) in [6, 6.07) is 5.19. The lowest BCUT2D eigenvalue weighted by molar-refractivity contribution is 0.0572. The Labute approximate surface area is 98.7 Å². The van der Waals surface area contributed by atoms with Crippen LogP contribution in [0.1, 0.15) is 5.56 Å². The molecular formula is C11H14ClNO3. The van der Waals surface area contributed by atoms with E-state index in [0.717, 1.165) is 11.3 Å². The largest absolute Gasteiger partial charge is 0.392 e. The second-order valence-corrected chi connectivity index (χ2v) is 4.41. The highest BCUT2D eigenvalue weighted by Gasteiger charge is 2.30. The highest BCUT2D eigenvalue weighted by molar-refractivity contribution is 6.30. The zero-order valence-electron chi connectivity index (χ0n) is 8.67. The maximum atomic E-state index is 9.48. The number of anilines is 1. The van der Waals surface area contributed by atoms with Crippen LogP contribution in [0.5, 0.6) is 0 Å². The van der Waals surface area contributed by atoms with Gasteiger partial charge in [-0.25, -0.2) is 0 Å². The minimum absolute atomic E-state index is 0.0881. The van der Waals surface area contributed by atoms with Gasteiger partial charge in [0.2, 0.25) is 0 Å². The molecule has 3 N–H and O–H groups in total. The van der Waals surface area contributed by atoms with Crippen LogP contribution in [0.3, 0.4) is 0 Å². The minimum atomic E-state index is -0.745. The van der Waals surface area contributed by atoms with Crippen molar-refractivity contribution >= 4 is 17.3 Å². The van der Waals surface area contributed by atoms with E-state index >= 15 is 0 Å². The molecule has 1 aromatic carbocycles. The summed E-state index contributed by atoms with van der Waals surface area (Å²) in [6.45, 7) is 0.623. The number of halogens is 1. The Kier molecular flexibility index (Phi) is 3.35. The highest BCUT2D eigenvalue weighted by Crippen LogP contribution is 2.28. The van der Waals surface area contributed by atoms with Crippen molar-refractivity contribution in [2.24, 2.45) is 0 Å². The number of benzene rings is 1. The average molecular weight is 244 g/mol. The predicted octanol–water partition coefficient (Wildman–Crippen LogP) is 0.374. The van der Waals surface area contributed by atoms with Crippen molar-refractivity contribution in [1.29, 1.82) is 0 Å². The topological polar surface area (TPSA) is 63.9 Å². The lowest BCUT2D eigenvalue weighted by Gasteiger charge is -2.21. The zero-order valence-corrected chi connectivity index (χ0v) is 9.43. The van der Waals surface area contributed by atoms with Crippen molar-refractivity contribution < 1.29 is 15.3 Å². The fraction of sp³-hybridized carbons (Fsp3) is 0.455. The molecule has 4 nitrogen and oxygen atoms in total. The minimum Gasteiger partial charge on any atom is -0.392 e. The predicted molar refractivity (Wildman–Crippen MR) is 61.6 cm³/mol. The molecule has 5 heteroatoms. The SMILES string of the molecule is OCc1ccc(Cl)cc1N1CC(O)C(O)C1. The summed E-state index contributed by atoms with van der Waals surface area (Å²) in [4.78, 5) is 1.83. The standard InChI is InChI=1S/C11H14ClNO3/c12-8-2-1-7(6-14)9(3-8)13-4-10(15)11(16)5-13/h1-3,10-11,14-16H,4-6H2. The maximum absolute atomic E-state index is 9.48. The number of hydrogen-bond acceptors (Lipinski definition) is 4. The highest BCUT2D eigenvalue weighted by atomic mass is 35.5. The van der Waals surface area contributed by atoms with Crippen LogP contribution >= 0.6 is 11.6 Å². The molecular weight excluding hydrogens is 230 g/mol. The van der Waals surface area contributed by atoms with E-state index < -0.39 is 12.2 Å². The molecule has 1 saturated heterocycles. The normalized spacial score (nSPS) is 25.1. The third kappa shape index (κ3) is 2.15. The third-order valence-corrected chi connectivity index (χ3v) is 3.05. The fourth-order valence-electron chi connectivity index (χ4n) is 1.93. The van der Waals surface area contributed by atoms with Crippen molar-refractivity contribution in [3.63, 3.8) is 0 Å². The van der Waals surface area contributed by atoms with Crippen molar-refractivity contribution in [3.8, 4) is 0 Å². The first-order valence-electron chi connectivity index (χ1n) is 5.12. The molecule has 1 fully saturated rings. The van der Waals surface area contributed by atoms with Gasteiger partial charge in [-0.05, 0) is 12.1 Å². The van der Waals surface area contributed by atoms with Gasteiger partial charge < -0.3 is 20.2 Å². The lowest BCUT2D eigenvalue weighted by Crippen LogP contribution is -2.22. The van der Waals surface area contributed by atoms with E-state index in [1.807, 2.05) is 4.90 Å². The van der Waals surface area contributed by atoms with Crippen LogP contribution in [0.15, 0.2) is 18.2 Å². The smallest absolute Gasteiger partial charge is 0.0990 e. The molecule has 16 heavy (non-hydrogen) atoms. The molecule has 0 bridgehead atoms. The quantitative estimate of drug-likeness (QED) is 0.703. The van der Waals surface area contributed by atoms with E-state index in [1.54, 1.807) is 18.2 Å². The van der Waals surface area contributed by atoms with Crippen LogP contribution in [-0.2, 0) is 6.61 Å². The maximum Gasteiger partial charge on any atom is 0.0990 e. The first-order valence-corrected chi connectivity index (χ1v) is 5.50. The zero-order chi connectivity index (χ0) is 11.7. The molecule has 0 radical (unpaired) electrons. The van der Waals surface area contributed by atoms with E-state index in [9.17, 15) is 15.3 Å². The summed E-state index contributed by atoms with van der Waals surface area (Å²) in [7, 11) is 0. The van der Waals surface area contributed by atoms with Crippen LogP contribution in [0.2, 0.25) is 5.02 Å². The Morgan fingerprint density at radius 1 is 1.25 bits per heavy atom. The molecule has 0 spiro atoms. The van der Waals surface area contributed by atoms with Gasteiger partial charge in [0.05, 0.1) is 18.8 Å². The monoisotopic (exact) mass is 243 g/mol. The first-order chi connectivity index (χ1) is 7.61. The average Bonchev–Trinajstić information content (AvgIpc) is 2.59. The van der Waals surface area contributed by atoms with Crippen LogP contribution in [0.25, 0.3) is 0 Å². The second kappa shape index (κ2) is 4.59. The second-order valence-electron chi connectivity index (χ2n) is 3.97. The number of rotatable bonds is 2. The van der Waals surface area contributed by atoms with Gasteiger partial charge in [-0.2, -0.15) is 0 Å². The van der Waals surface area contributed by atoms with Gasteiger partial charge in [-0.3, -0.25) is 0 Å². The molecule has 0 amide bonds. The third-order valence-electron chi connectivity index (χ3n) is 2.82. The van der Waals surface area contributed by atoms with Gasteiger partial charge in [0.25, 0.3) is 0 Å². The van der Waals surface area contributed by atoms with Gasteiger partial charge in [0, 0.05) is 29.4 Å². The molecule has 1 aliphatic heterocycles. The number of β-amino-alcohol motifs (C(OH)–C–C–N with tert-alkyl or cyclic N) is 2. The Balaban J connectivity index is 2.29. The van der Waals surface area contributed by atoms with Gasteiger partial charge in [-0.15, -0.1) is 0 Å². The van der Waals surface area contributed by atoms with Gasteiger partial charge in [0.15, 0.2) is 0 Å². The molecule has 1 aromatic rings.